The summed E-state index contributed by atoms with van der Waals surface area (Å²) in [6.45, 7) is 0.123. The quantitative estimate of drug-likeness (QED) is 0.635. The average Bonchev–Trinajstić information content (AvgIpc) is 2.82. The van der Waals surface area contributed by atoms with Crippen molar-refractivity contribution in [2.75, 3.05) is 0 Å². The molecule has 0 unspecified atom stereocenters. The Labute approximate surface area is 118 Å². The zero-order valence-corrected chi connectivity index (χ0v) is 10.7. The van der Waals surface area contributed by atoms with Crippen LogP contribution in [0.1, 0.15) is 17.0 Å². The van der Waals surface area contributed by atoms with E-state index in [1.54, 1.807) is 6.07 Å². The van der Waals surface area contributed by atoms with Gasteiger partial charge >= 0.3 is 0 Å². The van der Waals surface area contributed by atoms with E-state index in [0.29, 0.717) is 10.6 Å². The Morgan fingerprint density at radius 1 is 1.40 bits per heavy atom. The van der Waals surface area contributed by atoms with E-state index in [2.05, 4.69) is 4.98 Å². The summed E-state index contributed by atoms with van der Waals surface area (Å²) in [4.78, 5) is 14.0. The minimum absolute atomic E-state index is 0.00838. The van der Waals surface area contributed by atoms with Gasteiger partial charge in [-0.25, -0.2) is 4.98 Å². The molecule has 0 aliphatic carbocycles. The largest absolute Gasteiger partial charge is 0.317 e. The van der Waals surface area contributed by atoms with Gasteiger partial charge in [0.05, 0.1) is 17.8 Å². The molecular weight excluding hydrogens is 282 g/mol. The topological polar surface area (TPSA) is 109 Å². The standard InChI is InChI=1S/C12H6ClN5O2/c13-10-2-1-9(18(19)20)3-8(10)6-17-7-16-11(4-14)12(17)5-15/h1-3,7H,6H2. The fraction of sp³-hybridized carbons (Fsp3) is 0.0833. The van der Waals surface area contributed by atoms with E-state index < -0.39 is 4.92 Å². The summed E-state index contributed by atoms with van der Waals surface area (Å²) in [5.41, 5.74) is 0.479. The third-order valence-corrected chi connectivity index (χ3v) is 3.00. The van der Waals surface area contributed by atoms with Gasteiger partial charge in [0.15, 0.2) is 11.4 Å². The molecule has 0 bridgehead atoms. The molecule has 1 heterocycles. The van der Waals surface area contributed by atoms with Crippen molar-refractivity contribution in [3.8, 4) is 12.1 Å². The Hall–Kier alpha value is -2.90. The number of nitro groups is 1. The normalized spacial score (nSPS) is 9.75. The van der Waals surface area contributed by atoms with Crippen LogP contribution in [0.25, 0.3) is 0 Å². The first-order valence-corrected chi connectivity index (χ1v) is 5.72. The van der Waals surface area contributed by atoms with Gasteiger partial charge in [-0.1, -0.05) is 11.6 Å². The smallest absolute Gasteiger partial charge is 0.269 e. The molecule has 0 aliphatic rings. The number of imidazole rings is 1. The second-order valence-corrected chi connectivity index (χ2v) is 4.23. The van der Waals surface area contributed by atoms with E-state index in [0.717, 1.165) is 0 Å². The molecule has 0 N–H and O–H groups in total. The van der Waals surface area contributed by atoms with Gasteiger partial charge in [0.2, 0.25) is 0 Å². The Morgan fingerprint density at radius 3 is 2.75 bits per heavy atom. The number of nitro benzene ring substituents is 1. The number of rotatable bonds is 3. The number of nitrogens with zero attached hydrogens (tertiary/aromatic N) is 5. The van der Waals surface area contributed by atoms with Crippen molar-refractivity contribution in [3.63, 3.8) is 0 Å². The van der Waals surface area contributed by atoms with Crippen LogP contribution in [-0.4, -0.2) is 14.5 Å². The number of non-ortho nitro benzene ring substituents is 1. The van der Waals surface area contributed by atoms with Crippen LogP contribution in [0.2, 0.25) is 5.02 Å². The van der Waals surface area contributed by atoms with Crippen LogP contribution < -0.4 is 0 Å². The highest BCUT2D eigenvalue weighted by Gasteiger charge is 2.14. The lowest BCUT2D eigenvalue weighted by atomic mass is 10.2. The first kappa shape index (κ1) is 13.5. The molecule has 0 radical (unpaired) electrons. The Bertz CT molecular complexity index is 769. The molecular formula is C12H6ClN5O2. The lowest BCUT2D eigenvalue weighted by Crippen LogP contribution is -2.03. The summed E-state index contributed by atoms with van der Waals surface area (Å²) in [7, 11) is 0. The lowest BCUT2D eigenvalue weighted by Gasteiger charge is -2.06. The fourth-order valence-electron chi connectivity index (χ4n) is 1.68. The van der Waals surface area contributed by atoms with Crippen LogP contribution in [0, 0.1) is 32.8 Å². The van der Waals surface area contributed by atoms with E-state index in [4.69, 9.17) is 22.1 Å². The molecule has 0 atom stereocenters. The van der Waals surface area contributed by atoms with Crippen molar-refractivity contribution in [1.29, 1.82) is 10.5 Å². The molecule has 7 nitrogen and oxygen atoms in total. The van der Waals surface area contributed by atoms with Gasteiger partial charge in [-0.15, -0.1) is 0 Å². The maximum atomic E-state index is 10.7. The second kappa shape index (κ2) is 5.39. The maximum absolute atomic E-state index is 10.7. The summed E-state index contributed by atoms with van der Waals surface area (Å²) in [6.07, 6.45) is 1.33. The molecule has 2 rings (SSSR count). The lowest BCUT2D eigenvalue weighted by molar-refractivity contribution is -0.384. The highest BCUT2D eigenvalue weighted by atomic mass is 35.5. The van der Waals surface area contributed by atoms with Crippen LogP contribution >= 0.6 is 11.6 Å². The van der Waals surface area contributed by atoms with Crippen LogP contribution in [-0.2, 0) is 6.54 Å². The van der Waals surface area contributed by atoms with Crippen molar-refractivity contribution < 1.29 is 4.92 Å². The molecule has 0 spiro atoms. The van der Waals surface area contributed by atoms with Gasteiger partial charge in [0, 0.05) is 17.2 Å². The highest BCUT2D eigenvalue weighted by Crippen LogP contribution is 2.23. The molecule has 0 saturated heterocycles. The van der Waals surface area contributed by atoms with Crippen LogP contribution in [0.3, 0.4) is 0 Å². The summed E-state index contributed by atoms with van der Waals surface area (Å²) in [5, 5.41) is 28.9. The summed E-state index contributed by atoms with van der Waals surface area (Å²) in [6, 6.07) is 7.72. The van der Waals surface area contributed by atoms with Gasteiger partial charge < -0.3 is 4.57 Å². The Balaban J connectivity index is 2.43. The van der Waals surface area contributed by atoms with E-state index in [1.807, 2.05) is 6.07 Å². The Morgan fingerprint density at radius 2 is 2.15 bits per heavy atom. The van der Waals surface area contributed by atoms with Gasteiger partial charge in [0.25, 0.3) is 5.69 Å². The van der Waals surface area contributed by atoms with E-state index in [1.165, 1.54) is 29.1 Å². The number of hydrogen-bond donors (Lipinski definition) is 0. The molecule has 0 saturated carbocycles. The minimum Gasteiger partial charge on any atom is -0.317 e. The predicted molar refractivity (Wildman–Crippen MR) is 68.9 cm³/mol. The van der Waals surface area contributed by atoms with Gasteiger partial charge in [-0.2, -0.15) is 10.5 Å². The molecule has 8 heteroatoms. The van der Waals surface area contributed by atoms with Crippen molar-refractivity contribution in [2.24, 2.45) is 0 Å². The van der Waals surface area contributed by atoms with Crippen LogP contribution in [0.15, 0.2) is 24.5 Å². The molecule has 2 aromatic rings. The van der Waals surface area contributed by atoms with Crippen molar-refractivity contribution in [1.82, 2.24) is 9.55 Å². The zero-order valence-electron chi connectivity index (χ0n) is 9.95. The molecule has 1 aromatic carbocycles. The molecule has 0 fully saturated rings. The number of nitriles is 2. The van der Waals surface area contributed by atoms with Crippen molar-refractivity contribution >= 4 is 17.3 Å². The van der Waals surface area contributed by atoms with Gasteiger partial charge in [-0.05, 0) is 11.6 Å². The third-order valence-electron chi connectivity index (χ3n) is 2.63. The number of aromatic nitrogens is 2. The number of benzene rings is 1. The van der Waals surface area contributed by atoms with Crippen molar-refractivity contribution in [3.05, 3.63) is 56.6 Å². The SMILES string of the molecule is N#Cc1ncn(Cc2cc([N+](=O)[O-])ccc2Cl)c1C#N. The molecule has 20 heavy (non-hydrogen) atoms. The highest BCUT2D eigenvalue weighted by molar-refractivity contribution is 6.31. The van der Waals surface area contributed by atoms with Gasteiger partial charge in [0.1, 0.15) is 12.1 Å². The average molecular weight is 288 g/mol. The molecule has 0 aliphatic heterocycles. The molecule has 0 amide bonds. The first-order chi connectivity index (χ1) is 9.56. The van der Waals surface area contributed by atoms with Crippen LogP contribution in [0.5, 0.6) is 0 Å². The van der Waals surface area contributed by atoms with E-state index >= 15 is 0 Å². The second-order valence-electron chi connectivity index (χ2n) is 3.83. The molecule has 1 aromatic heterocycles. The van der Waals surface area contributed by atoms with Gasteiger partial charge in [-0.3, -0.25) is 10.1 Å². The van der Waals surface area contributed by atoms with E-state index in [-0.39, 0.29) is 23.6 Å². The summed E-state index contributed by atoms with van der Waals surface area (Å²) in [5.74, 6) is 0. The van der Waals surface area contributed by atoms with E-state index in [9.17, 15) is 10.1 Å². The summed E-state index contributed by atoms with van der Waals surface area (Å²) < 4.78 is 1.42. The minimum atomic E-state index is -0.528. The number of hydrogen-bond acceptors (Lipinski definition) is 5. The molecule has 98 valence electrons. The number of halogens is 1. The Kier molecular flexibility index (Phi) is 3.65. The monoisotopic (exact) mass is 287 g/mol. The maximum Gasteiger partial charge on any atom is 0.269 e. The zero-order chi connectivity index (χ0) is 14.7. The van der Waals surface area contributed by atoms with Crippen molar-refractivity contribution in [2.45, 2.75) is 6.54 Å². The fourth-order valence-corrected chi connectivity index (χ4v) is 1.86. The third kappa shape index (κ3) is 2.44. The first-order valence-electron chi connectivity index (χ1n) is 5.35. The predicted octanol–water partition coefficient (Wildman–Crippen LogP) is 2.24. The summed E-state index contributed by atoms with van der Waals surface area (Å²) >= 11 is 5.98. The van der Waals surface area contributed by atoms with Crippen LogP contribution in [0.4, 0.5) is 5.69 Å².